The number of carbonyl (C=O) groups is 1. The largest absolute Gasteiger partial charge is 0.338 e. The van der Waals surface area contributed by atoms with E-state index >= 15 is 0 Å². The van der Waals surface area contributed by atoms with Crippen LogP contribution in [0.25, 0.3) is 32.9 Å². The van der Waals surface area contributed by atoms with Gasteiger partial charge in [-0.2, -0.15) is 4.98 Å². The number of carbonyl (C=O) groups excluding carboxylic acids is 1. The third-order valence-corrected chi connectivity index (χ3v) is 7.36. The van der Waals surface area contributed by atoms with E-state index in [1.54, 1.807) is 11.3 Å². The minimum absolute atomic E-state index is 0.0441. The molecule has 1 amide bonds. The van der Waals surface area contributed by atoms with E-state index in [1.165, 1.54) is 0 Å². The zero-order valence-corrected chi connectivity index (χ0v) is 20.7. The molecular weight excluding hydrogens is 470 g/mol. The maximum atomic E-state index is 13.7. The quantitative estimate of drug-likeness (QED) is 0.330. The first kappa shape index (κ1) is 22.6. The highest BCUT2D eigenvalue weighted by molar-refractivity contribution is 7.13. The van der Waals surface area contributed by atoms with E-state index in [0.29, 0.717) is 36.9 Å². The van der Waals surface area contributed by atoms with Crippen molar-refractivity contribution in [3.63, 3.8) is 0 Å². The molecule has 0 spiro atoms. The lowest BCUT2D eigenvalue weighted by Crippen LogP contribution is -2.48. The van der Waals surface area contributed by atoms with Crippen molar-refractivity contribution in [3.05, 3.63) is 89.1 Å². The van der Waals surface area contributed by atoms with Gasteiger partial charge < -0.3 is 9.42 Å². The fourth-order valence-electron chi connectivity index (χ4n) is 4.57. The van der Waals surface area contributed by atoms with Crippen LogP contribution < -0.4 is 0 Å². The van der Waals surface area contributed by atoms with E-state index in [-0.39, 0.29) is 5.91 Å². The predicted molar refractivity (Wildman–Crippen MR) is 141 cm³/mol. The number of piperazine rings is 1. The minimum Gasteiger partial charge on any atom is -0.338 e. The minimum atomic E-state index is 0.0441. The molecule has 1 aliphatic rings. The Morgan fingerprint density at radius 3 is 2.58 bits per heavy atom. The first-order chi connectivity index (χ1) is 17.6. The first-order valence-corrected chi connectivity index (χ1v) is 12.9. The molecule has 0 aliphatic carbocycles. The molecule has 36 heavy (non-hydrogen) atoms. The summed E-state index contributed by atoms with van der Waals surface area (Å²) in [5, 5.41) is 7.00. The molecule has 0 saturated carbocycles. The van der Waals surface area contributed by atoms with Gasteiger partial charge in [0.2, 0.25) is 11.7 Å². The lowest BCUT2D eigenvalue weighted by Gasteiger charge is -2.34. The molecule has 5 aromatic rings. The van der Waals surface area contributed by atoms with Gasteiger partial charge >= 0.3 is 0 Å². The summed E-state index contributed by atoms with van der Waals surface area (Å²) >= 11 is 1.59. The average molecular weight is 496 g/mol. The van der Waals surface area contributed by atoms with Crippen LogP contribution in [0, 0.1) is 6.92 Å². The van der Waals surface area contributed by atoms with Gasteiger partial charge in [-0.1, -0.05) is 53.2 Å². The topological polar surface area (TPSA) is 75.4 Å². The second kappa shape index (κ2) is 9.64. The van der Waals surface area contributed by atoms with Crippen LogP contribution in [0.4, 0.5) is 0 Å². The number of aromatic nitrogens is 3. The molecule has 3 aromatic heterocycles. The third kappa shape index (κ3) is 4.53. The highest BCUT2D eigenvalue weighted by Gasteiger charge is 2.25. The van der Waals surface area contributed by atoms with Gasteiger partial charge in [0.25, 0.3) is 5.91 Å². The Morgan fingerprint density at radius 1 is 0.972 bits per heavy atom. The molecule has 2 aromatic carbocycles. The number of thiophene rings is 1. The fourth-order valence-corrected chi connectivity index (χ4v) is 5.22. The zero-order valence-electron chi connectivity index (χ0n) is 19.9. The van der Waals surface area contributed by atoms with Crippen LogP contribution in [0.1, 0.15) is 21.8 Å². The van der Waals surface area contributed by atoms with E-state index in [2.05, 4.69) is 21.1 Å². The van der Waals surface area contributed by atoms with Crippen molar-refractivity contribution in [2.45, 2.75) is 13.5 Å². The molecule has 0 unspecified atom stereocenters. The van der Waals surface area contributed by atoms with Gasteiger partial charge in [0.1, 0.15) is 0 Å². The van der Waals surface area contributed by atoms with Crippen LogP contribution in [0.3, 0.4) is 0 Å². The molecule has 6 rings (SSSR count). The molecule has 1 aliphatic heterocycles. The van der Waals surface area contributed by atoms with Gasteiger partial charge in [0.15, 0.2) is 0 Å². The number of fused-ring (bicyclic) bond motifs is 1. The molecule has 7 nitrogen and oxygen atoms in total. The van der Waals surface area contributed by atoms with Crippen molar-refractivity contribution in [1.82, 2.24) is 24.9 Å². The molecule has 1 fully saturated rings. The summed E-state index contributed by atoms with van der Waals surface area (Å²) in [7, 11) is 0. The monoisotopic (exact) mass is 495 g/mol. The Kier molecular flexibility index (Phi) is 6.04. The van der Waals surface area contributed by atoms with Crippen LogP contribution >= 0.6 is 11.3 Å². The van der Waals surface area contributed by atoms with E-state index in [9.17, 15) is 4.79 Å². The molecule has 8 heteroatoms. The molecule has 180 valence electrons. The van der Waals surface area contributed by atoms with Crippen LogP contribution in [0.15, 0.2) is 76.6 Å². The summed E-state index contributed by atoms with van der Waals surface area (Å²) in [6, 6.07) is 22.0. The Hall–Kier alpha value is -3.88. The van der Waals surface area contributed by atoms with Crippen molar-refractivity contribution in [1.29, 1.82) is 0 Å². The standard InChI is InChI=1S/C28H25N5O2S/c1-19-9-10-23-21(16-19)22(17-24(29-23)20-6-3-2-4-7-20)28(34)33-13-11-32(12-14-33)18-26-30-27(31-35-26)25-8-5-15-36-25/h2-10,15-17H,11-14,18H2,1H3. The average Bonchev–Trinajstić information content (AvgIpc) is 3.61. The van der Waals surface area contributed by atoms with Crippen molar-refractivity contribution in [2.75, 3.05) is 26.2 Å². The second-order valence-electron chi connectivity index (χ2n) is 9.00. The summed E-state index contributed by atoms with van der Waals surface area (Å²) in [4.78, 5) is 28.3. The molecule has 0 bridgehead atoms. The smallest absolute Gasteiger partial charge is 0.254 e. The Bertz CT molecular complexity index is 1510. The summed E-state index contributed by atoms with van der Waals surface area (Å²) in [5.41, 5.74) is 4.46. The molecule has 0 radical (unpaired) electrons. The van der Waals surface area contributed by atoms with Gasteiger partial charge in [0.05, 0.1) is 28.2 Å². The Morgan fingerprint density at radius 2 is 1.81 bits per heavy atom. The number of rotatable bonds is 5. The van der Waals surface area contributed by atoms with Gasteiger partial charge in [-0.15, -0.1) is 11.3 Å². The van der Waals surface area contributed by atoms with E-state index in [1.807, 2.05) is 77.9 Å². The SMILES string of the molecule is Cc1ccc2nc(-c3ccccc3)cc(C(=O)N3CCN(Cc4nc(-c5cccs5)no4)CC3)c2c1. The van der Waals surface area contributed by atoms with Crippen LogP contribution in [0.2, 0.25) is 0 Å². The fraction of sp³-hybridized carbons (Fsp3) is 0.214. The summed E-state index contributed by atoms with van der Waals surface area (Å²) in [6.07, 6.45) is 0. The molecule has 1 saturated heterocycles. The highest BCUT2D eigenvalue weighted by atomic mass is 32.1. The van der Waals surface area contributed by atoms with E-state index < -0.39 is 0 Å². The lowest BCUT2D eigenvalue weighted by atomic mass is 10.0. The van der Waals surface area contributed by atoms with Gasteiger partial charge in [-0.25, -0.2) is 4.98 Å². The third-order valence-electron chi connectivity index (χ3n) is 6.49. The molecule has 0 atom stereocenters. The van der Waals surface area contributed by atoms with Crippen molar-refractivity contribution in [3.8, 4) is 22.0 Å². The van der Waals surface area contributed by atoms with Crippen LogP contribution in [-0.2, 0) is 6.54 Å². The van der Waals surface area contributed by atoms with Crippen LogP contribution in [0.5, 0.6) is 0 Å². The predicted octanol–water partition coefficient (Wildman–Crippen LogP) is 5.28. The Balaban J connectivity index is 1.20. The summed E-state index contributed by atoms with van der Waals surface area (Å²) < 4.78 is 5.47. The van der Waals surface area contributed by atoms with Crippen molar-refractivity contribution in [2.24, 2.45) is 0 Å². The normalized spacial score (nSPS) is 14.4. The summed E-state index contributed by atoms with van der Waals surface area (Å²) in [5.74, 6) is 1.27. The number of amides is 1. The zero-order chi connectivity index (χ0) is 24.5. The van der Waals surface area contributed by atoms with Crippen molar-refractivity contribution >= 4 is 28.1 Å². The molecular formula is C28H25N5O2S. The number of aryl methyl sites for hydroxylation is 1. The molecule has 0 N–H and O–H groups in total. The van der Waals surface area contributed by atoms with Gasteiger partial charge in [0, 0.05) is 37.1 Å². The van der Waals surface area contributed by atoms with Crippen LogP contribution in [-0.4, -0.2) is 57.0 Å². The van der Waals surface area contributed by atoms with E-state index in [4.69, 9.17) is 9.51 Å². The number of hydrogen-bond acceptors (Lipinski definition) is 7. The number of pyridine rings is 1. The van der Waals surface area contributed by atoms with E-state index in [0.717, 1.165) is 45.7 Å². The summed E-state index contributed by atoms with van der Waals surface area (Å²) in [6.45, 7) is 5.39. The second-order valence-corrected chi connectivity index (χ2v) is 9.95. The number of hydrogen-bond donors (Lipinski definition) is 0. The van der Waals surface area contributed by atoms with Crippen molar-refractivity contribution < 1.29 is 9.32 Å². The maximum absolute atomic E-state index is 13.7. The first-order valence-electron chi connectivity index (χ1n) is 12.0. The number of nitrogens with zero attached hydrogens (tertiary/aromatic N) is 5. The van der Waals surface area contributed by atoms with Gasteiger partial charge in [-0.05, 0) is 36.6 Å². The molecule has 4 heterocycles. The highest BCUT2D eigenvalue weighted by Crippen LogP contribution is 2.27. The lowest BCUT2D eigenvalue weighted by molar-refractivity contribution is 0.0617. The Labute approximate surface area is 213 Å². The maximum Gasteiger partial charge on any atom is 0.254 e. The van der Waals surface area contributed by atoms with Gasteiger partial charge in [-0.3, -0.25) is 9.69 Å². The number of benzene rings is 2.